The second-order valence-electron chi connectivity index (χ2n) is 10.1. The molecule has 0 saturated carbocycles. The Labute approximate surface area is 222 Å². The second-order valence-corrected chi connectivity index (χ2v) is 10.1. The standard InChI is InChI=1S/C30H33N7O/c1-22(23-7-4-3-5-8-23)37-30-26-19-24(9-11-27(26)31-21-28(30)33-34-37)25-10-12-29(32-20-25)38-18-6-13-36-16-14-35(2)15-17-36/h3-5,7-12,19-22H,6,13-18H2,1-2H3/t22-/m1/s1. The van der Waals surface area contributed by atoms with Gasteiger partial charge in [-0.3, -0.25) is 4.98 Å². The molecule has 0 unspecified atom stereocenters. The number of hydrogen-bond acceptors (Lipinski definition) is 7. The van der Waals surface area contributed by atoms with Crippen LogP contribution in [-0.4, -0.2) is 81.1 Å². The lowest BCUT2D eigenvalue weighted by atomic mass is 10.0. The summed E-state index contributed by atoms with van der Waals surface area (Å²) >= 11 is 0. The summed E-state index contributed by atoms with van der Waals surface area (Å²) in [6.45, 7) is 8.45. The third-order valence-corrected chi connectivity index (χ3v) is 7.48. The summed E-state index contributed by atoms with van der Waals surface area (Å²) in [5.41, 5.74) is 5.98. The third-order valence-electron chi connectivity index (χ3n) is 7.48. The monoisotopic (exact) mass is 507 g/mol. The van der Waals surface area contributed by atoms with Crippen molar-refractivity contribution >= 4 is 21.9 Å². The Balaban J connectivity index is 1.19. The number of piperazine rings is 1. The van der Waals surface area contributed by atoms with Crippen molar-refractivity contribution in [3.05, 3.63) is 78.6 Å². The molecule has 6 rings (SSSR count). The van der Waals surface area contributed by atoms with Gasteiger partial charge in [-0.25, -0.2) is 9.67 Å². The first-order chi connectivity index (χ1) is 18.7. The summed E-state index contributed by atoms with van der Waals surface area (Å²) in [4.78, 5) is 14.1. The molecule has 8 nitrogen and oxygen atoms in total. The first kappa shape index (κ1) is 24.5. The molecule has 1 aliphatic rings. The van der Waals surface area contributed by atoms with Crippen molar-refractivity contribution < 1.29 is 4.74 Å². The normalized spacial score (nSPS) is 15.7. The molecule has 38 heavy (non-hydrogen) atoms. The van der Waals surface area contributed by atoms with E-state index in [4.69, 9.17) is 4.74 Å². The molecule has 1 atom stereocenters. The molecular formula is C30H33N7O. The molecule has 0 bridgehead atoms. The quantitative estimate of drug-likeness (QED) is 0.283. The fourth-order valence-corrected chi connectivity index (χ4v) is 5.12. The van der Waals surface area contributed by atoms with E-state index in [1.165, 1.54) is 5.56 Å². The van der Waals surface area contributed by atoms with Crippen molar-refractivity contribution in [3.8, 4) is 17.0 Å². The van der Waals surface area contributed by atoms with Crippen LogP contribution in [0, 0.1) is 0 Å². The van der Waals surface area contributed by atoms with Gasteiger partial charge < -0.3 is 14.5 Å². The van der Waals surface area contributed by atoms with Crippen LogP contribution in [0.4, 0.5) is 0 Å². The van der Waals surface area contributed by atoms with E-state index in [2.05, 4.69) is 92.6 Å². The molecule has 1 fully saturated rings. The Hall–Kier alpha value is -3.88. The minimum Gasteiger partial charge on any atom is -0.478 e. The molecule has 4 heterocycles. The fraction of sp³-hybridized carbons (Fsp3) is 0.333. The molecule has 0 aliphatic carbocycles. The maximum Gasteiger partial charge on any atom is 0.213 e. The van der Waals surface area contributed by atoms with Crippen molar-refractivity contribution in [1.29, 1.82) is 0 Å². The lowest BCUT2D eigenvalue weighted by molar-refractivity contribution is 0.145. The maximum absolute atomic E-state index is 5.93. The highest BCUT2D eigenvalue weighted by Gasteiger charge is 2.17. The van der Waals surface area contributed by atoms with Gasteiger partial charge in [0.05, 0.1) is 24.4 Å². The first-order valence-corrected chi connectivity index (χ1v) is 13.3. The zero-order valence-electron chi connectivity index (χ0n) is 22.0. The van der Waals surface area contributed by atoms with Crippen molar-refractivity contribution in [2.75, 3.05) is 46.4 Å². The topological polar surface area (TPSA) is 72.2 Å². The molecule has 0 radical (unpaired) electrons. The van der Waals surface area contributed by atoms with Gasteiger partial charge in [-0.15, -0.1) is 5.10 Å². The highest BCUT2D eigenvalue weighted by Crippen LogP contribution is 2.30. The van der Waals surface area contributed by atoms with Gasteiger partial charge in [-0.05, 0) is 49.7 Å². The Morgan fingerprint density at radius 3 is 2.47 bits per heavy atom. The lowest BCUT2D eigenvalue weighted by Crippen LogP contribution is -2.44. The Bertz CT molecular complexity index is 1510. The number of fused-ring (bicyclic) bond motifs is 3. The highest BCUT2D eigenvalue weighted by molar-refractivity contribution is 6.03. The van der Waals surface area contributed by atoms with E-state index in [0.717, 1.165) is 72.2 Å². The van der Waals surface area contributed by atoms with Crippen molar-refractivity contribution in [1.82, 2.24) is 34.8 Å². The number of likely N-dealkylation sites (N-methyl/N-ethyl adjacent to an activating group) is 1. The smallest absolute Gasteiger partial charge is 0.213 e. The molecular weight excluding hydrogens is 474 g/mol. The summed E-state index contributed by atoms with van der Waals surface area (Å²) in [5.74, 6) is 0.663. The molecule has 2 aromatic carbocycles. The number of rotatable bonds is 8. The largest absolute Gasteiger partial charge is 0.478 e. The summed E-state index contributed by atoms with van der Waals surface area (Å²) in [6.07, 6.45) is 4.69. The second kappa shape index (κ2) is 10.8. The van der Waals surface area contributed by atoms with Gasteiger partial charge in [0.25, 0.3) is 0 Å². The number of aromatic nitrogens is 5. The molecule has 5 aromatic rings. The van der Waals surface area contributed by atoms with E-state index in [1.54, 1.807) is 6.20 Å². The van der Waals surface area contributed by atoms with E-state index >= 15 is 0 Å². The van der Waals surface area contributed by atoms with Crippen molar-refractivity contribution in [2.45, 2.75) is 19.4 Å². The SMILES string of the molecule is C[C@H](c1ccccc1)n1nnc2cnc3ccc(-c4ccc(OCCCN5CCN(C)CC5)nc4)cc3c21. The van der Waals surface area contributed by atoms with Crippen LogP contribution >= 0.6 is 0 Å². The van der Waals surface area contributed by atoms with Crippen LogP contribution in [0.2, 0.25) is 0 Å². The zero-order valence-corrected chi connectivity index (χ0v) is 22.0. The van der Waals surface area contributed by atoms with Crippen LogP contribution in [-0.2, 0) is 0 Å². The van der Waals surface area contributed by atoms with Crippen LogP contribution in [0.3, 0.4) is 0 Å². The third kappa shape index (κ3) is 5.10. The van der Waals surface area contributed by atoms with E-state index in [9.17, 15) is 0 Å². The Kier molecular flexibility index (Phi) is 6.98. The summed E-state index contributed by atoms with van der Waals surface area (Å²) < 4.78 is 7.93. The first-order valence-electron chi connectivity index (χ1n) is 13.3. The molecule has 0 N–H and O–H groups in total. The van der Waals surface area contributed by atoms with E-state index < -0.39 is 0 Å². The average Bonchev–Trinajstić information content (AvgIpc) is 3.41. The van der Waals surface area contributed by atoms with Gasteiger partial charge in [-0.1, -0.05) is 41.6 Å². The van der Waals surface area contributed by atoms with Crippen molar-refractivity contribution in [3.63, 3.8) is 0 Å². The van der Waals surface area contributed by atoms with Gasteiger partial charge in [0.2, 0.25) is 5.88 Å². The lowest BCUT2D eigenvalue weighted by Gasteiger charge is -2.32. The van der Waals surface area contributed by atoms with E-state index in [0.29, 0.717) is 12.5 Å². The fourth-order valence-electron chi connectivity index (χ4n) is 5.12. The Morgan fingerprint density at radius 2 is 1.68 bits per heavy atom. The molecule has 8 heteroatoms. The minimum atomic E-state index is 0.0461. The number of benzene rings is 2. The number of ether oxygens (including phenoxy) is 1. The van der Waals surface area contributed by atoms with E-state index in [-0.39, 0.29) is 6.04 Å². The highest BCUT2D eigenvalue weighted by atomic mass is 16.5. The summed E-state index contributed by atoms with van der Waals surface area (Å²) in [7, 11) is 2.18. The van der Waals surface area contributed by atoms with Gasteiger partial charge >= 0.3 is 0 Å². The van der Waals surface area contributed by atoms with Crippen molar-refractivity contribution in [2.24, 2.45) is 0 Å². The number of pyridine rings is 2. The molecule has 3 aromatic heterocycles. The van der Waals surface area contributed by atoms with Gasteiger partial charge in [0.15, 0.2) is 0 Å². The van der Waals surface area contributed by atoms with E-state index in [1.807, 2.05) is 23.0 Å². The number of hydrogen-bond donors (Lipinski definition) is 0. The minimum absolute atomic E-state index is 0.0461. The van der Waals surface area contributed by atoms with Gasteiger partial charge in [0.1, 0.15) is 11.0 Å². The molecule has 0 spiro atoms. The average molecular weight is 508 g/mol. The molecule has 1 aliphatic heterocycles. The van der Waals surface area contributed by atoms with Crippen LogP contribution in [0.15, 0.2) is 73.1 Å². The summed E-state index contributed by atoms with van der Waals surface area (Å²) in [6, 6.07) is 20.7. The number of nitrogens with zero attached hydrogens (tertiary/aromatic N) is 7. The molecule has 194 valence electrons. The van der Waals surface area contributed by atoms with Gasteiger partial charge in [0, 0.05) is 55.9 Å². The zero-order chi connectivity index (χ0) is 25.9. The predicted molar refractivity (Wildman–Crippen MR) is 150 cm³/mol. The maximum atomic E-state index is 5.93. The van der Waals surface area contributed by atoms with Crippen LogP contribution in [0.25, 0.3) is 33.1 Å². The van der Waals surface area contributed by atoms with Crippen LogP contribution < -0.4 is 4.74 Å². The van der Waals surface area contributed by atoms with Gasteiger partial charge in [-0.2, -0.15) is 0 Å². The summed E-state index contributed by atoms with van der Waals surface area (Å²) in [5, 5.41) is 9.94. The Morgan fingerprint density at radius 1 is 0.868 bits per heavy atom. The van der Waals surface area contributed by atoms with Crippen LogP contribution in [0.5, 0.6) is 5.88 Å². The molecule has 0 amide bonds. The molecule has 1 saturated heterocycles. The predicted octanol–water partition coefficient (Wildman–Crippen LogP) is 4.67. The van der Waals surface area contributed by atoms with Crippen LogP contribution in [0.1, 0.15) is 24.9 Å².